The van der Waals surface area contributed by atoms with Crippen LogP contribution >= 0.6 is 15.9 Å². The molecule has 0 amide bonds. The van der Waals surface area contributed by atoms with Gasteiger partial charge in [-0.25, -0.2) is 0 Å². The number of nitrogens with zero attached hydrogens (tertiary/aromatic N) is 1. The average molecular weight is 357 g/mol. The van der Waals surface area contributed by atoms with E-state index in [-0.39, 0.29) is 0 Å². The molecule has 2 rings (SSSR count). The monoisotopic (exact) mass is 356 g/mol. The molecule has 2 nitrogen and oxygen atoms in total. The second kappa shape index (κ2) is 6.30. The Morgan fingerprint density at radius 1 is 1.10 bits per heavy atom. The fourth-order valence-corrected chi connectivity index (χ4v) is 2.09. The van der Waals surface area contributed by atoms with Crippen LogP contribution in [0.1, 0.15) is 18.1 Å². The van der Waals surface area contributed by atoms with Gasteiger partial charge in [-0.2, -0.15) is 18.3 Å². The third-order valence-corrected chi connectivity index (χ3v) is 3.28. The van der Waals surface area contributed by atoms with Crippen molar-refractivity contribution in [3.05, 3.63) is 64.1 Å². The summed E-state index contributed by atoms with van der Waals surface area (Å²) in [5.41, 5.74) is 3.79. The predicted octanol–water partition coefficient (Wildman–Crippen LogP) is 5.30. The minimum absolute atomic E-state index is 0.291. The molecule has 0 saturated carbocycles. The van der Waals surface area contributed by atoms with Gasteiger partial charge in [0.15, 0.2) is 0 Å². The maximum Gasteiger partial charge on any atom is 0.416 e. The first-order chi connectivity index (χ1) is 9.86. The van der Waals surface area contributed by atoms with Crippen molar-refractivity contribution in [3.8, 4) is 0 Å². The minimum atomic E-state index is -4.36. The van der Waals surface area contributed by atoms with Gasteiger partial charge in [-0.1, -0.05) is 34.1 Å². The molecule has 0 atom stereocenters. The predicted molar refractivity (Wildman–Crippen MR) is 81.4 cm³/mol. The van der Waals surface area contributed by atoms with Gasteiger partial charge in [-0.15, -0.1) is 0 Å². The molecule has 110 valence electrons. The third-order valence-electron chi connectivity index (χ3n) is 2.78. The van der Waals surface area contributed by atoms with Gasteiger partial charge in [0, 0.05) is 4.47 Å². The summed E-state index contributed by atoms with van der Waals surface area (Å²) < 4.78 is 38.7. The summed E-state index contributed by atoms with van der Waals surface area (Å²) in [5.74, 6) is 0. The lowest BCUT2D eigenvalue weighted by Crippen LogP contribution is -2.05. The normalized spacial score (nSPS) is 12.3. The maximum atomic E-state index is 12.6. The lowest BCUT2D eigenvalue weighted by atomic mass is 10.1. The Hall–Kier alpha value is -1.82. The van der Waals surface area contributed by atoms with Crippen molar-refractivity contribution >= 4 is 27.3 Å². The van der Waals surface area contributed by atoms with E-state index in [2.05, 4.69) is 26.5 Å². The lowest BCUT2D eigenvalue weighted by molar-refractivity contribution is -0.137. The van der Waals surface area contributed by atoms with Crippen LogP contribution in [0.15, 0.2) is 58.1 Å². The number of nitrogens with one attached hydrogen (secondary N) is 1. The van der Waals surface area contributed by atoms with Gasteiger partial charge in [0.1, 0.15) is 0 Å². The largest absolute Gasteiger partial charge is 0.416 e. The zero-order valence-corrected chi connectivity index (χ0v) is 12.7. The lowest BCUT2D eigenvalue weighted by Gasteiger charge is -2.09. The van der Waals surface area contributed by atoms with E-state index in [0.717, 1.165) is 22.2 Å². The molecule has 0 aliphatic rings. The number of hydrogen-bond acceptors (Lipinski definition) is 2. The van der Waals surface area contributed by atoms with E-state index < -0.39 is 11.7 Å². The maximum absolute atomic E-state index is 12.6. The van der Waals surface area contributed by atoms with Gasteiger partial charge in [-0.05, 0) is 42.8 Å². The zero-order chi connectivity index (χ0) is 15.5. The van der Waals surface area contributed by atoms with Crippen LogP contribution in [0.25, 0.3) is 0 Å². The topological polar surface area (TPSA) is 24.4 Å². The highest BCUT2D eigenvalue weighted by Gasteiger charge is 2.30. The Labute approximate surface area is 128 Å². The summed E-state index contributed by atoms with van der Waals surface area (Å²) in [6.07, 6.45) is -4.36. The van der Waals surface area contributed by atoms with E-state index in [1.54, 1.807) is 6.92 Å². The van der Waals surface area contributed by atoms with Crippen LogP contribution in [0.3, 0.4) is 0 Å². The Morgan fingerprint density at radius 2 is 1.81 bits per heavy atom. The molecule has 0 unspecified atom stereocenters. The van der Waals surface area contributed by atoms with E-state index in [0.29, 0.717) is 11.4 Å². The molecule has 21 heavy (non-hydrogen) atoms. The van der Waals surface area contributed by atoms with Crippen molar-refractivity contribution in [2.75, 3.05) is 5.43 Å². The highest BCUT2D eigenvalue weighted by Crippen LogP contribution is 2.30. The summed E-state index contributed by atoms with van der Waals surface area (Å²) in [5, 5.41) is 4.11. The van der Waals surface area contributed by atoms with Crippen LogP contribution in [0.2, 0.25) is 0 Å². The molecule has 0 saturated heterocycles. The molecule has 0 bridgehead atoms. The number of benzene rings is 2. The molecule has 2 aromatic rings. The summed E-state index contributed by atoms with van der Waals surface area (Å²) >= 11 is 3.36. The SMILES string of the molecule is CC(=NNc1cccc(C(F)(F)F)c1)c1cccc(Br)c1. The highest BCUT2D eigenvalue weighted by molar-refractivity contribution is 9.10. The van der Waals surface area contributed by atoms with Gasteiger partial charge in [0.05, 0.1) is 17.0 Å². The Bertz CT molecular complexity index is 666. The molecule has 6 heteroatoms. The number of rotatable bonds is 3. The molecular formula is C15H12BrF3N2. The standard InChI is InChI=1S/C15H12BrF3N2/c1-10(11-4-2-6-13(16)8-11)20-21-14-7-3-5-12(9-14)15(17,18)19/h2-9,21H,1H3. The highest BCUT2D eigenvalue weighted by atomic mass is 79.9. The van der Waals surface area contributed by atoms with Crippen molar-refractivity contribution in [1.82, 2.24) is 0 Å². The van der Waals surface area contributed by atoms with Gasteiger partial charge in [-0.3, -0.25) is 5.43 Å². The second-order valence-electron chi connectivity index (χ2n) is 4.40. The number of hydrazone groups is 1. The molecule has 1 N–H and O–H groups in total. The molecule has 0 aromatic heterocycles. The summed E-state index contributed by atoms with van der Waals surface area (Å²) in [6, 6.07) is 12.4. The molecular weight excluding hydrogens is 345 g/mol. The van der Waals surface area contributed by atoms with E-state index in [4.69, 9.17) is 0 Å². The van der Waals surface area contributed by atoms with Gasteiger partial charge in [0.25, 0.3) is 0 Å². The van der Waals surface area contributed by atoms with E-state index in [1.165, 1.54) is 12.1 Å². The van der Waals surface area contributed by atoms with Crippen LogP contribution in [-0.2, 0) is 6.18 Å². The quantitative estimate of drug-likeness (QED) is 0.585. The van der Waals surface area contributed by atoms with Crippen LogP contribution in [0, 0.1) is 0 Å². The van der Waals surface area contributed by atoms with Gasteiger partial charge in [0.2, 0.25) is 0 Å². The first-order valence-electron chi connectivity index (χ1n) is 6.10. The van der Waals surface area contributed by atoms with Gasteiger partial charge >= 0.3 is 6.18 Å². The first-order valence-corrected chi connectivity index (χ1v) is 6.89. The summed E-state index contributed by atoms with van der Waals surface area (Å²) in [7, 11) is 0. The Morgan fingerprint density at radius 3 is 2.48 bits per heavy atom. The second-order valence-corrected chi connectivity index (χ2v) is 5.31. The first kappa shape index (κ1) is 15.6. The smallest absolute Gasteiger partial charge is 0.278 e. The molecule has 0 heterocycles. The van der Waals surface area contributed by atoms with Gasteiger partial charge < -0.3 is 0 Å². The fraction of sp³-hybridized carbons (Fsp3) is 0.133. The Balaban J connectivity index is 2.17. The molecule has 0 fully saturated rings. The molecule has 0 aliphatic heterocycles. The average Bonchev–Trinajstić information content (AvgIpc) is 2.44. The zero-order valence-electron chi connectivity index (χ0n) is 11.1. The van der Waals surface area contributed by atoms with Crippen LogP contribution in [0.5, 0.6) is 0 Å². The number of alkyl halides is 3. The van der Waals surface area contributed by atoms with Crippen molar-refractivity contribution in [2.45, 2.75) is 13.1 Å². The number of hydrogen-bond donors (Lipinski definition) is 1. The van der Waals surface area contributed by atoms with Crippen molar-refractivity contribution in [2.24, 2.45) is 5.10 Å². The molecule has 2 aromatic carbocycles. The number of halogens is 4. The van der Waals surface area contributed by atoms with Crippen LogP contribution in [-0.4, -0.2) is 5.71 Å². The van der Waals surface area contributed by atoms with Crippen molar-refractivity contribution < 1.29 is 13.2 Å². The third kappa shape index (κ3) is 4.32. The van der Waals surface area contributed by atoms with Crippen LogP contribution < -0.4 is 5.43 Å². The van der Waals surface area contributed by atoms with Crippen LogP contribution in [0.4, 0.5) is 18.9 Å². The Kier molecular flexibility index (Phi) is 4.67. The molecule has 0 spiro atoms. The van der Waals surface area contributed by atoms with E-state index in [9.17, 15) is 13.2 Å². The minimum Gasteiger partial charge on any atom is -0.278 e. The summed E-state index contributed by atoms with van der Waals surface area (Å²) in [6.45, 7) is 1.78. The number of anilines is 1. The van der Waals surface area contributed by atoms with Crippen molar-refractivity contribution in [3.63, 3.8) is 0 Å². The summed E-state index contributed by atoms with van der Waals surface area (Å²) in [4.78, 5) is 0. The molecule has 0 radical (unpaired) electrons. The molecule has 0 aliphatic carbocycles. The van der Waals surface area contributed by atoms with E-state index >= 15 is 0 Å². The fourth-order valence-electron chi connectivity index (χ4n) is 1.69. The van der Waals surface area contributed by atoms with E-state index in [1.807, 2.05) is 24.3 Å². The van der Waals surface area contributed by atoms with Crippen molar-refractivity contribution in [1.29, 1.82) is 0 Å².